The Kier molecular flexibility index (Phi) is 3.57. The van der Waals surface area contributed by atoms with Gasteiger partial charge >= 0.3 is 0 Å². The van der Waals surface area contributed by atoms with Crippen LogP contribution in [0.4, 0.5) is 5.69 Å². The van der Waals surface area contributed by atoms with E-state index in [9.17, 15) is 4.79 Å². The van der Waals surface area contributed by atoms with Crippen LogP contribution in [0, 0.1) is 20.8 Å². The van der Waals surface area contributed by atoms with E-state index in [1.54, 1.807) is 24.0 Å². The first-order valence-corrected chi connectivity index (χ1v) is 6.21. The lowest BCUT2D eigenvalue weighted by atomic mass is 10.2. The highest BCUT2D eigenvalue weighted by Crippen LogP contribution is 2.25. The van der Waals surface area contributed by atoms with Crippen molar-refractivity contribution >= 4 is 23.2 Å². The minimum Gasteiger partial charge on any atom is -0.319 e. The van der Waals surface area contributed by atoms with Gasteiger partial charge in [-0.05, 0) is 32.4 Å². The monoisotopic (exact) mass is 278 g/mol. The van der Waals surface area contributed by atoms with Crippen molar-refractivity contribution in [3.63, 3.8) is 0 Å². The summed E-state index contributed by atoms with van der Waals surface area (Å²) in [6, 6.07) is 1.73. The fourth-order valence-electron chi connectivity index (χ4n) is 1.69. The third-order valence-corrected chi connectivity index (χ3v) is 3.59. The topological polar surface area (TPSA) is 59.8 Å². The number of halogens is 1. The zero-order valence-electron chi connectivity index (χ0n) is 11.3. The number of amides is 1. The molecule has 0 spiro atoms. The van der Waals surface area contributed by atoms with Gasteiger partial charge in [0, 0.05) is 12.7 Å². The lowest BCUT2D eigenvalue weighted by molar-refractivity contribution is 0.102. The lowest BCUT2D eigenvalue weighted by Crippen LogP contribution is -2.14. The number of carbonyl (C=O) groups is 1. The Morgan fingerprint density at radius 2 is 2.05 bits per heavy atom. The van der Waals surface area contributed by atoms with Gasteiger partial charge in [0.05, 0.1) is 22.6 Å². The molecule has 19 heavy (non-hydrogen) atoms. The summed E-state index contributed by atoms with van der Waals surface area (Å²) in [6.45, 7) is 5.55. The molecule has 1 amide bonds. The van der Waals surface area contributed by atoms with Crippen molar-refractivity contribution in [3.8, 4) is 0 Å². The molecule has 5 nitrogen and oxygen atoms in total. The van der Waals surface area contributed by atoms with Crippen molar-refractivity contribution in [3.05, 3.63) is 39.9 Å². The normalized spacial score (nSPS) is 10.6. The standard InChI is InChI=1S/C13H15ClN4O/c1-7-5-10(17-18(7)4)13(19)16-11-6-15-9(3)12(14)8(11)2/h5-6H,1-4H3,(H,16,19). The molecule has 2 heterocycles. The van der Waals surface area contributed by atoms with Crippen LogP contribution in [0.15, 0.2) is 12.3 Å². The first-order chi connectivity index (χ1) is 8.90. The van der Waals surface area contributed by atoms with Gasteiger partial charge in [0.15, 0.2) is 5.69 Å². The molecule has 1 N–H and O–H groups in total. The number of aryl methyl sites for hydroxylation is 3. The van der Waals surface area contributed by atoms with E-state index >= 15 is 0 Å². The Bertz CT molecular complexity index is 629. The first-order valence-electron chi connectivity index (χ1n) is 5.84. The zero-order valence-corrected chi connectivity index (χ0v) is 12.0. The fourth-order valence-corrected chi connectivity index (χ4v) is 1.84. The third-order valence-electron chi connectivity index (χ3n) is 3.03. The second-order valence-corrected chi connectivity index (χ2v) is 4.82. The Balaban J connectivity index is 2.27. The highest BCUT2D eigenvalue weighted by Gasteiger charge is 2.14. The molecule has 0 bridgehead atoms. The molecule has 0 saturated heterocycles. The van der Waals surface area contributed by atoms with Crippen molar-refractivity contribution in [2.24, 2.45) is 7.05 Å². The maximum atomic E-state index is 12.1. The highest BCUT2D eigenvalue weighted by atomic mass is 35.5. The Morgan fingerprint density at radius 3 is 2.63 bits per heavy atom. The summed E-state index contributed by atoms with van der Waals surface area (Å²) in [4.78, 5) is 16.2. The average molecular weight is 279 g/mol. The summed E-state index contributed by atoms with van der Waals surface area (Å²) >= 11 is 6.11. The summed E-state index contributed by atoms with van der Waals surface area (Å²) in [5.74, 6) is -0.270. The second kappa shape index (κ2) is 5.01. The first kappa shape index (κ1) is 13.5. The Hall–Kier alpha value is -1.88. The number of nitrogens with one attached hydrogen (secondary N) is 1. The Labute approximate surface area is 116 Å². The number of hydrogen-bond donors (Lipinski definition) is 1. The molecule has 0 aliphatic carbocycles. The van der Waals surface area contributed by atoms with Gasteiger partial charge in [-0.3, -0.25) is 14.5 Å². The van der Waals surface area contributed by atoms with Gasteiger partial charge in [0.25, 0.3) is 5.91 Å². The van der Waals surface area contributed by atoms with Gasteiger partial charge in [-0.25, -0.2) is 0 Å². The molecular weight excluding hydrogens is 264 g/mol. The van der Waals surface area contributed by atoms with Crippen LogP contribution in [-0.4, -0.2) is 20.7 Å². The number of aromatic nitrogens is 3. The average Bonchev–Trinajstić information content (AvgIpc) is 2.70. The fraction of sp³-hybridized carbons (Fsp3) is 0.308. The molecular formula is C13H15ClN4O. The van der Waals surface area contributed by atoms with Crippen LogP contribution in [0.3, 0.4) is 0 Å². The van der Waals surface area contributed by atoms with Crippen molar-refractivity contribution in [1.82, 2.24) is 14.8 Å². The van der Waals surface area contributed by atoms with E-state index in [1.807, 2.05) is 20.8 Å². The van der Waals surface area contributed by atoms with Gasteiger partial charge in [0.2, 0.25) is 0 Å². The van der Waals surface area contributed by atoms with Crippen molar-refractivity contribution in [2.75, 3.05) is 5.32 Å². The predicted molar refractivity (Wildman–Crippen MR) is 74.6 cm³/mol. The molecule has 6 heteroatoms. The largest absolute Gasteiger partial charge is 0.319 e. The van der Waals surface area contributed by atoms with Gasteiger partial charge in [-0.15, -0.1) is 0 Å². The van der Waals surface area contributed by atoms with E-state index in [1.165, 1.54) is 0 Å². The van der Waals surface area contributed by atoms with Gasteiger partial charge in [-0.1, -0.05) is 11.6 Å². The van der Waals surface area contributed by atoms with Gasteiger partial charge in [0.1, 0.15) is 0 Å². The summed E-state index contributed by atoms with van der Waals surface area (Å²) in [5, 5.41) is 7.47. The summed E-state index contributed by atoms with van der Waals surface area (Å²) in [7, 11) is 1.79. The minimum absolute atomic E-state index is 0.270. The summed E-state index contributed by atoms with van der Waals surface area (Å²) in [6.07, 6.45) is 1.60. The molecule has 0 aliphatic rings. The van der Waals surface area contributed by atoms with Crippen LogP contribution in [0.2, 0.25) is 5.02 Å². The number of anilines is 1. The molecule has 0 aromatic carbocycles. The number of carbonyl (C=O) groups excluding carboxylic acids is 1. The SMILES string of the molecule is Cc1ncc(NC(=O)c2cc(C)n(C)n2)c(C)c1Cl. The molecule has 0 aliphatic heterocycles. The van der Waals surface area contributed by atoms with Crippen LogP contribution >= 0.6 is 11.6 Å². The van der Waals surface area contributed by atoms with Crippen LogP contribution < -0.4 is 5.32 Å². The van der Waals surface area contributed by atoms with Crippen molar-refractivity contribution < 1.29 is 4.79 Å². The predicted octanol–water partition coefficient (Wildman–Crippen LogP) is 2.65. The van der Waals surface area contributed by atoms with Crippen molar-refractivity contribution in [2.45, 2.75) is 20.8 Å². The van der Waals surface area contributed by atoms with E-state index in [0.29, 0.717) is 16.4 Å². The molecule has 100 valence electrons. The molecule has 0 unspecified atom stereocenters. The van der Waals surface area contributed by atoms with Crippen LogP contribution in [0.1, 0.15) is 27.4 Å². The van der Waals surface area contributed by atoms with E-state index in [-0.39, 0.29) is 5.91 Å². The van der Waals surface area contributed by atoms with Gasteiger partial charge < -0.3 is 5.32 Å². The molecule has 0 fully saturated rings. The lowest BCUT2D eigenvalue weighted by Gasteiger charge is -2.09. The smallest absolute Gasteiger partial charge is 0.276 e. The molecule has 2 aromatic rings. The second-order valence-electron chi connectivity index (χ2n) is 4.44. The number of hydrogen-bond acceptors (Lipinski definition) is 3. The van der Waals surface area contributed by atoms with Crippen molar-refractivity contribution in [1.29, 1.82) is 0 Å². The third kappa shape index (κ3) is 2.61. The summed E-state index contributed by atoms with van der Waals surface area (Å²) < 4.78 is 1.65. The van der Waals surface area contributed by atoms with Crippen LogP contribution in [0.25, 0.3) is 0 Å². The molecule has 2 rings (SSSR count). The van der Waals surface area contributed by atoms with E-state index in [2.05, 4.69) is 15.4 Å². The zero-order chi connectivity index (χ0) is 14.2. The molecule has 0 atom stereocenters. The van der Waals surface area contributed by atoms with Crippen LogP contribution in [-0.2, 0) is 7.05 Å². The van der Waals surface area contributed by atoms with Gasteiger partial charge in [-0.2, -0.15) is 5.10 Å². The molecule has 0 saturated carbocycles. The molecule has 0 radical (unpaired) electrons. The minimum atomic E-state index is -0.270. The molecule has 2 aromatic heterocycles. The summed E-state index contributed by atoms with van der Waals surface area (Å²) in [5.41, 5.74) is 3.43. The van der Waals surface area contributed by atoms with Crippen LogP contribution in [0.5, 0.6) is 0 Å². The number of nitrogens with zero attached hydrogens (tertiary/aromatic N) is 3. The quantitative estimate of drug-likeness (QED) is 0.919. The van der Waals surface area contributed by atoms with E-state index in [4.69, 9.17) is 11.6 Å². The maximum absolute atomic E-state index is 12.1. The number of pyridine rings is 1. The maximum Gasteiger partial charge on any atom is 0.276 e. The van der Waals surface area contributed by atoms with E-state index in [0.717, 1.165) is 17.0 Å². The highest BCUT2D eigenvalue weighted by molar-refractivity contribution is 6.32. The number of rotatable bonds is 2. The van der Waals surface area contributed by atoms with E-state index < -0.39 is 0 Å². The Morgan fingerprint density at radius 1 is 1.37 bits per heavy atom.